The van der Waals surface area contributed by atoms with Crippen molar-refractivity contribution >= 4 is 45.2 Å². The molecule has 0 bridgehead atoms. The predicted molar refractivity (Wildman–Crippen MR) is 92.3 cm³/mol. The lowest BCUT2D eigenvalue weighted by atomic mass is 10.0. The van der Waals surface area contributed by atoms with Gasteiger partial charge in [0.2, 0.25) is 5.43 Å². The molecule has 0 saturated heterocycles. The molecular weight excluding hydrogens is 358 g/mol. The van der Waals surface area contributed by atoms with Gasteiger partial charge in [0.05, 0.1) is 22.0 Å². The van der Waals surface area contributed by atoms with Crippen LogP contribution in [-0.2, 0) is 6.42 Å². The van der Waals surface area contributed by atoms with E-state index in [1.165, 1.54) is 4.40 Å². The number of carboxylic acid groups (broad SMARTS) is 3. The van der Waals surface area contributed by atoms with Crippen molar-refractivity contribution in [3.8, 4) is 0 Å². The van der Waals surface area contributed by atoms with Crippen LogP contribution in [-0.4, -0.2) is 47.6 Å². The minimum absolute atomic E-state index is 0.0202. The number of nitrogens with one attached hydrogen (secondary N) is 1. The van der Waals surface area contributed by atoms with Gasteiger partial charge in [-0.25, -0.2) is 19.4 Å². The van der Waals surface area contributed by atoms with Crippen molar-refractivity contribution in [3.05, 3.63) is 45.1 Å². The van der Waals surface area contributed by atoms with E-state index in [0.29, 0.717) is 6.42 Å². The van der Waals surface area contributed by atoms with Crippen LogP contribution in [0.1, 0.15) is 44.1 Å². The average Bonchev–Trinajstić information content (AvgIpc) is 3.21. The van der Waals surface area contributed by atoms with E-state index in [-0.39, 0.29) is 50.1 Å². The van der Waals surface area contributed by atoms with Crippen LogP contribution in [0.4, 0.5) is 0 Å². The highest BCUT2D eigenvalue weighted by molar-refractivity contribution is 6.20. The lowest BCUT2D eigenvalue weighted by Crippen LogP contribution is -2.12. The minimum atomic E-state index is -1.41. The topological polar surface area (TPSA) is 162 Å². The maximum atomic E-state index is 12.8. The van der Waals surface area contributed by atoms with Gasteiger partial charge in [0.25, 0.3) is 0 Å². The molecule has 0 amide bonds. The first-order valence-corrected chi connectivity index (χ1v) is 7.82. The third-order valence-electron chi connectivity index (χ3n) is 4.50. The third kappa shape index (κ3) is 2.03. The van der Waals surface area contributed by atoms with Gasteiger partial charge in [-0.3, -0.25) is 9.20 Å². The van der Waals surface area contributed by atoms with Gasteiger partial charge in [0, 0.05) is 11.8 Å². The molecule has 0 aliphatic heterocycles. The number of hydrogen-bond donors (Lipinski definition) is 4. The van der Waals surface area contributed by atoms with Crippen molar-refractivity contribution in [1.82, 2.24) is 14.4 Å². The van der Waals surface area contributed by atoms with E-state index in [0.717, 1.165) is 12.1 Å². The van der Waals surface area contributed by atoms with Crippen LogP contribution in [0.25, 0.3) is 27.3 Å². The molecular formula is C17H11N3O7. The molecule has 0 unspecified atom stereocenters. The van der Waals surface area contributed by atoms with E-state index < -0.39 is 23.3 Å². The number of fused-ring (bicyclic) bond motifs is 2. The first kappa shape index (κ1) is 16.5. The van der Waals surface area contributed by atoms with Crippen molar-refractivity contribution < 1.29 is 29.7 Å². The lowest BCUT2D eigenvalue weighted by Gasteiger charge is -2.10. The Kier molecular flexibility index (Phi) is 3.22. The fraction of sp³-hybridized carbons (Fsp3) is 0.118. The molecule has 0 atom stereocenters. The van der Waals surface area contributed by atoms with E-state index in [1.54, 1.807) is 6.92 Å². The van der Waals surface area contributed by atoms with Gasteiger partial charge < -0.3 is 20.3 Å². The molecule has 4 aromatic rings. The van der Waals surface area contributed by atoms with Crippen molar-refractivity contribution in [2.75, 3.05) is 0 Å². The number of H-pyrrole nitrogens is 1. The minimum Gasteiger partial charge on any atom is -0.478 e. The van der Waals surface area contributed by atoms with Crippen LogP contribution < -0.4 is 5.43 Å². The number of nitrogens with zero attached hydrogens (tertiary/aromatic N) is 2. The second kappa shape index (κ2) is 5.27. The number of aromatic amines is 1. The number of carbonyl (C=O) groups is 3. The molecule has 3 aromatic heterocycles. The lowest BCUT2D eigenvalue weighted by molar-refractivity contribution is 0.0677. The molecule has 10 nitrogen and oxygen atoms in total. The van der Waals surface area contributed by atoms with Gasteiger partial charge in [-0.1, -0.05) is 6.92 Å². The Morgan fingerprint density at radius 2 is 1.81 bits per heavy atom. The highest BCUT2D eigenvalue weighted by atomic mass is 16.4. The molecule has 3 heterocycles. The zero-order chi connectivity index (χ0) is 19.6. The number of aryl methyl sites for hydroxylation is 1. The quantitative estimate of drug-likeness (QED) is 0.420. The van der Waals surface area contributed by atoms with Gasteiger partial charge in [0.15, 0.2) is 0 Å². The Morgan fingerprint density at radius 1 is 1.11 bits per heavy atom. The first-order chi connectivity index (χ1) is 12.8. The molecule has 1 aromatic carbocycles. The fourth-order valence-electron chi connectivity index (χ4n) is 3.41. The van der Waals surface area contributed by atoms with Crippen molar-refractivity contribution in [2.24, 2.45) is 0 Å². The summed E-state index contributed by atoms with van der Waals surface area (Å²) in [5, 5.41) is 28.4. The smallest absolute Gasteiger partial charge is 0.352 e. The molecule has 0 aliphatic rings. The molecule has 4 rings (SSSR count). The summed E-state index contributed by atoms with van der Waals surface area (Å²) in [6.07, 6.45) is 0.300. The Balaban J connectivity index is 2.41. The number of carboxylic acids is 3. The molecule has 0 aliphatic carbocycles. The zero-order valence-corrected chi connectivity index (χ0v) is 13.7. The Hall–Kier alpha value is -3.95. The summed E-state index contributed by atoms with van der Waals surface area (Å²) in [6, 6.07) is 2.11. The number of hydrogen-bond acceptors (Lipinski definition) is 5. The summed E-state index contributed by atoms with van der Waals surface area (Å²) in [4.78, 5) is 54.4. The fourth-order valence-corrected chi connectivity index (χ4v) is 3.41. The molecule has 4 N–H and O–H groups in total. The van der Waals surface area contributed by atoms with Crippen LogP contribution in [0.5, 0.6) is 0 Å². The summed E-state index contributed by atoms with van der Waals surface area (Å²) in [5.41, 5.74) is -1.63. The van der Waals surface area contributed by atoms with Crippen molar-refractivity contribution in [2.45, 2.75) is 13.3 Å². The summed E-state index contributed by atoms with van der Waals surface area (Å²) in [7, 11) is 0. The highest BCUT2D eigenvalue weighted by Crippen LogP contribution is 2.32. The Labute approximate surface area is 148 Å². The van der Waals surface area contributed by atoms with Crippen LogP contribution >= 0.6 is 0 Å². The van der Waals surface area contributed by atoms with Crippen molar-refractivity contribution in [3.63, 3.8) is 0 Å². The molecule has 136 valence electrons. The largest absolute Gasteiger partial charge is 0.478 e. The number of benzene rings is 1. The van der Waals surface area contributed by atoms with E-state index in [1.807, 2.05) is 0 Å². The third-order valence-corrected chi connectivity index (χ3v) is 4.50. The zero-order valence-electron chi connectivity index (χ0n) is 13.7. The summed E-state index contributed by atoms with van der Waals surface area (Å²) in [5.74, 6) is -3.82. The second-order valence-electron chi connectivity index (χ2n) is 5.95. The van der Waals surface area contributed by atoms with Gasteiger partial charge in [-0.2, -0.15) is 0 Å². The van der Waals surface area contributed by atoms with Gasteiger partial charge >= 0.3 is 17.9 Å². The highest BCUT2D eigenvalue weighted by Gasteiger charge is 2.27. The molecule has 0 radical (unpaired) electrons. The van der Waals surface area contributed by atoms with Crippen LogP contribution in [0.3, 0.4) is 0 Å². The Morgan fingerprint density at radius 3 is 2.37 bits per heavy atom. The number of aromatic carboxylic acids is 3. The normalized spacial score (nSPS) is 11.6. The standard InChI is InChI=1S/C17H11N3O7/c1-2-9-19-12-13-10(5(15(22)23)4-8(17(26)27)20(9)13)11-6(14(12)21)3-7(18-11)16(24)25/h3-4,18H,2H2,1H3,(H,22,23)(H,24,25)(H,26,27). The molecule has 27 heavy (non-hydrogen) atoms. The second-order valence-corrected chi connectivity index (χ2v) is 5.95. The Bertz CT molecular complexity index is 1360. The molecule has 0 spiro atoms. The van der Waals surface area contributed by atoms with Crippen LogP contribution in [0.2, 0.25) is 0 Å². The monoisotopic (exact) mass is 369 g/mol. The number of pyridine rings is 1. The van der Waals surface area contributed by atoms with E-state index in [4.69, 9.17) is 0 Å². The van der Waals surface area contributed by atoms with E-state index >= 15 is 0 Å². The maximum absolute atomic E-state index is 12.8. The first-order valence-electron chi connectivity index (χ1n) is 7.82. The SMILES string of the molecule is CCc1nc2c(=O)c3cc(C(=O)O)[nH]c3c3c(C(=O)O)cc(C(=O)O)n1c23. The van der Waals surface area contributed by atoms with Crippen LogP contribution in [0.15, 0.2) is 16.9 Å². The van der Waals surface area contributed by atoms with Gasteiger partial charge in [-0.15, -0.1) is 0 Å². The van der Waals surface area contributed by atoms with Crippen molar-refractivity contribution in [1.29, 1.82) is 0 Å². The maximum Gasteiger partial charge on any atom is 0.352 e. The van der Waals surface area contributed by atoms with Gasteiger partial charge in [-0.05, 0) is 12.1 Å². The number of imidazole rings is 1. The summed E-state index contributed by atoms with van der Waals surface area (Å²) >= 11 is 0. The molecule has 0 saturated carbocycles. The van der Waals surface area contributed by atoms with Crippen LogP contribution in [0, 0.1) is 0 Å². The predicted octanol–water partition coefficient (Wildman–Crippen LogP) is 1.42. The summed E-state index contributed by atoms with van der Waals surface area (Å²) in [6.45, 7) is 1.72. The number of aromatic nitrogens is 3. The van der Waals surface area contributed by atoms with E-state index in [9.17, 15) is 34.5 Å². The number of rotatable bonds is 4. The molecule has 10 heteroatoms. The van der Waals surface area contributed by atoms with E-state index in [2.05, 4.69) is 9.97 Å². The average molecular weight is 369 g/mol. The summed E-state index contributed by atoms with van der Waals surface area (Å²) < 4.78 is 1.24. The van der Waals surface area contributed by atoms with Gasteiger partial charge in [0.1, 0.15) is 22.7 Å². The molecule has 0 fully saturated rings.